The van der Waals surface area contributed by atoms with Crippen molar-refractivity contribution < 1.29 is 12.8 Å². The molecule has 112 valence electrons. The minimum Gasteiger partial charge on any atom is -0.395 e. The maximum absolute atomic E-state index is 13.4. The zero-order valence-electron chi connectivity index (χ0n) is 11.3. The first kappa shape index (κ1) is 15.8. The van der Waals surface area contributed by atoms with E-state index in [9.17, 15) is 12.8 Å². The van der Waals surface area contributed by atoms with E-state index in [-0.39, 0.29) is 17.1 Å². The predicted octanol–water partition coefficient (Wildman–Crippen LogP) is 2.88. The molecule has 2 N–H and O–H groups in total. The van der Waals surface area contributed by atoms with E-state index in [2.05, 4.69) is 0 Å². The lowest BCUT2D eigenvalue weighted by Crippen LogP contribution is -2.27. The van der Waals surface area contributed by atoms with Crippen LogP contribution >= 0.6 is 11.6 Å². The summed E-state index contributed by atoms with van der Waals surface area (Å²) in [4.78, 5) is -0.237. The fourth-order valence-electron chi connectivity index (χ4n) is 1.84. The molecular weight excluding hydrogens is 315 g/mol. The van der Waals surface area contributed by atoms with E-state index in [1.54, 1.807) is 24.3 Å². The summed E-state index contributed by atoms with van der Waals surface area (Å²) in [6, 6.07) is 10.5. The van der Waals surface area contributed by atoms with E-state index in [4.69, 9.17) is 17.3 Å². The molecule has 7 heteroatoms. The number of sulfonamides is 1. The molecule has 0 aliphatic heterocycles. The second-order valence-electron chi connectivity index (χ2n) is 4.54. The van der Waals surface area contributed by atoms with Crippen molar-refractivity contribution in [3.63, 3.8) is 0 Å². The molecule has 0 amide bonds. The zero-order valence-corrected chi connectivity index (χ0v) is 12.8. The first-order valence-corrected chi connectivity index (χ1v) is 7.89. The van der Waals surface area contributed by atoms with E-state index >= 15 is 0 Å². The molecule has 0 aliphatic rings. The first-order valence-electron chi connectivity index (χ1n) is 6.07. The Labute approximate surface area is 128 Å². The highest BCUT2D eigenvalue weighted by atomic mass is 35.5. The van der Waals surface area contributed by atoms with Crippen LogP contribution in [0.5, 0.6) is 0 Å². The van der Waals surface area contributed by atoms with Crippen LogP contribution in [-0.2, 0) is 16.6 Å². The van der Waals surface area contributed by atoms with Crippen LogP contribution in [0.25, 0.3) is 0 Å². The third-order valence-corrected chi connectivity index (χ3v) is 5.13. The Balaban J connectivity index is 2.30. The van der Waals surface area contributed by atoms with Gasteiger partial charge in [-0.2, -0.15) is 4.31 Å². The number of nitrogen functional groups attached to an aromatic ring is 1. The number of para-hydroxylation sites is 1. The minimum absolute atomic E-state index is 0.134. The summed E-state index contributed by atoms with van der Waals surface area (Å²) in [7, 11) is -2.45. The normalized spacial score (nSPS) is 11.8. The van der Waals surface area contributed by atoms with Crippen LogP contribution < -0.4 is 5.73 Å². The van der Waals surface area contributed by atoms with E-state index in [1.807, 2.05) is 0 Å². The molecule has 0 spiro atoms. The second-order valence-corrected chi connectivity index (χ2v) is 6.99. The summed E-state index contributed by atoms with van der Waals surface area (Å²) in [5.41, 5.74) is 5.91. The number of hydrogen-bond acceptors (Lipinski definition) is 3. The van der Waals surface area contributed by atoms with Crippen molar-refractivity contribution in [2.75, 3.05) is 12.8 Å². The maximum Gasteiger partial charge on any atom is 0.245 e. The van der Waals surface area contributed by atoms with Gasteiger partial charge in [-0.1, -0.05) is 29.8 Å². The van der Waals surface area contributed by atoms with Crippen molar-refractivity contribution in [2.24, 2.45) is 0 Å². The number of benzene rings is 2. The third kappa shape index (κ3) is 3.34. The number of rotatable bonds is 4. The van der Waals surface area contributed by atoms with Gasteiger partial charge in [0.05, 0.1) is 5.69 Å². The topological polar surface area (TPSA) is 63.4 Å². The molecule has 0 radical (unpaired) electrons. The summed E-state index contributed by atoms with van der Waals surface area (Å²) < 4.78 is 39.4. The molecule has 0 fully saturated rings. The van der Waals surface area contributed by atoms with E-state index in [0.717, 1.165) is 15.9 Å². The molecule has 2 rings (SSSR count). The second kappa shape index (κ2) is 6.01. The fraction of sp³-hybridized carbons (Fsp3) is 0.143. The SMILES string of the molecule is CN(Cc1ccc(Cl)cc1)S(=O)(=O)c1cccc(F)c1N. The summed E-state index contributed by atoms with van der Waals surface area (Å²) in [5, 5.41) is 0.568. The lowest BCUT2D eigenvalue weighted by molar-refractivity contribution is 0.466. The Morgan fingerprint density at radius 3 is 2.43 bits per heavy atom. The van der Waals surface area contributed by atoms with Crippen molar-refractivity contribution in [3.8, 4) is 0 Å². The smallest absolute Gasteiger partial charge is 0.245 e. The molecule has 0 heterocycles. The van der Waals surface area contributed by atoms with Gasteiger partial charge in [-0.3, -0.25) is 0 Å². The Morgan fingerprint density at radius 2 is 1.81 bits per heavy atom. The van der Waals surface area contributed by atoms with Gasteiger partial charge in [0.25, 0.3) is 0 Å². The molecule has 0 aliphatic carbocycles. The Kier molecular flexibility index (Phi) is 4.51. The Morgan fingerprint density at radius 1 is 1.19 bits per heavy atom. The first-order chi connectivity index (χ1) is 9.82. The summed E-state index contributed by atoms with van der Waals surface area (Å²) in [6.45, 7) is 0.134. The molecule has 0 atom stereocenters. The number of anilines is 1. The molecule has 21 heavy (non-hydrogen) atoms. The van der Waals surface area contributed by atoms with Gasteiger partial charge < -0.3 is 5.73 Å². The van der Waals surface area contributed by atoms with Gasteiger partial charge in [0, 0.05) is 18.6 Å². The lowest BCUT2D eigenvalue weighted by atomic mass is 10.2. The van der Waals surface area contributed by atoms with Gasteiger partial charge >= 0.3 is 0 Å². The molecule has 0 unspecified atom stereocenters. The van der Waals surface area contributed by atoms with Crippen LogP contribution in [0.1, 0.15) is 5.56 Å². The van der Waals surface area contributed by atoms with Crippen molar-refractivity contribution in [1.29, 1.82) is 0 Å². The van der Waals surface area contributed by atoms with Crippen LogP contribution in [0, 0.1) is 5.82 Å². The van der Waals surface area contributed by atoms with Gasteiger partial charge in [-0.15, -0.1) is 0 Å². The average Bonchev–Trinajstić information content (AvgIpc) is 2.44. The fourth-order valence-corrected chi connectivity index (χ4v) is 3.25. The van der Waals surface area contributed by atoms with E-state index < -0.39 is 15.8 Å². The molecule has 0 bridgehead atoms. The van der Waals surface area contributed by atoms with Crippen LogP contribution in [-0.4, -0.2) is 19.8 Å². The van der Waals surface area contributed by atoms with Gasteiger partial charge in [0.1, 0.15) is 10.7 Å². The summed E-state index contributed by atoms with van der Waals surface area (Å²) in [6.07, 6.45) is 0. The molecule has 0 saturated heterocycles. The standard InChI is InChI=1S/C14H14ClFN2O2S/c1-18(9-10-5-7-11(15)8-6-10)21(19,20)13-4-2-3-12(16)14(13)17/h2-8H,9,17H2,1H3. The molecule has 2 aromatic carbocycles. The highest BCUT2D eigenvalue weighted by Gasteiger charge is 2.24. The zero-order chi connectivity index (χ0) is 15.6. The summed E-state index contributed by atoms with van der Waals surface area (Å²) >= 11 is 5.78. The summed E-state index contributed by atoms with van der Waals surface area (Å²) in [5.74, 6) is -0.754. The van der Waals surface area contributed by atoms with Gasteiger partial charge in [-0.25, -0.2) is 12.8 Å². The van der Waals surface area contributed by atoms with Crippen molar-refractivity contribution in [2.45, 2.75) is 11.4 Å². The number of halogens is 2. The number of nitrogens with two attached hydrogens (primary N) is 1. The molecule has 2 aromatic rings. The predicted molar refractivity (Wildman–Crippen MR) is 80.9 cm³/mol. The quantitative estimate of drug-likeness (QED) is 0.878. The van der Waals surface area contributed by atoms with Crippen molar-refractivity contribution >= 4 is 27.3 Å². The monoisotopic (exact) mass is 328 g/mol. The number of nitrogens with zero attached hydrogens (tertiary/aromatic N) is 1. The van der Waals surface area contributed by atoms with Crippen molar-refractivity contribution in [1.82, 2.24) is 4.31 Å². The molecule has 4 nitrogen and oxygen atoms in total. The lowest BCUT2D eigenvalue weighted by Gasteiger charge is -2.18. The van der Waals surface area contributed by atoms with Crippen LogP contribution in [0.3, 0.4) is 0 Å². The molecule has 0 saturated carbocycles. The van der Waals surface area contributed by atoms with E-state index in [0.29, 0.717) is 5.02 Å². The maximum atomic E-state index is 13.4. The van der Waals surface area contributed by atoms with Gasteiger partial charge in [0.2, 0.25) is 10.0 Å². The largest absolute Gasteiger partial charge is 0.395 e. The van der Waals surface area contributed by atoms with Gasteiger partial charge in [-0.05, 0) is 29.8 Å². The van der Waals surface area contributed by atoms with Crippen molar-refractivity contribution in [3.05, 3.63) is 58.9 Å². The third-order valence-electron chi connectivity index (χ3n) is 3.02. The van der Waals surface area contributed by atoms with E-state index in [1.165, 1.54) is 19.2 Å². The Hall–Kier alpha value is -1.63. The molecule has 0 aromatic heterocycles. The van der Waals surface area contributed by atoms with Gasteiger partial charge in [0.15, 0.2) is 0 Å². The van der Waals surface area contributed by atoms with Crippen LogP contribution in [0.2, 0.25) is 5.02 Å². The minimum atomic E-state index is -3.87. The Bertz CT molecular complexity index is 748. The average molecular weight is 329 g/mol. The molecular formula is C14H14ClFN2O2S. The number of hydrogen-bond donors (Lipinski definition) is 1. The highest BCUT2D eigenvalue weighted by molar-refractivity contribution is 7.89. The van der Waals surface area contributed by atoms with Crippen LogP contribution in [0.4, 0.5) is 10.1 Å². The van der Waals surface area contributed by atoms with Crippen LogP contribution in [0.15, 0.2) is 47.4 Å². The highest BCUT2D eigenvalue weighted by Crippen LogP contribution is 2.25.